The molecule has 0 spiro atoms. The van der Waals surface area contributed by atoms with Gasteiger partial charge in [-0.15, -0.1) is 0 Å². The van der Waals surface area contributed by atoms with Crippen LogP contribution in [0.1, 0.15) is 37.3 Å². The second-order valence-electron chi connectivity index (χ2n) is 5.02. The van der Waals surface area contributed by atoms with Gasteiger partial charge in [-0.1, -0.05) is 0 Å². The van der Waals surface area contributed by atoms with Crippen molar-refractivity contribution < 1.29 is 9.90 Å². The molecule has 2 heterocycles. The second-order valence-corrected chi connectivity index (χ2v) is 5.80. The number of nitrogens with one attached hydrogen (secondary N) is 2. The maximum atomic E-state index is 11.7. The molecule has 0 saturated carbocycles. The summed E-state index contributed by atoms with van der Waals surface area (Å²) in [5.41, 5.74) is 1.62. The summed E-state index contributed by atoms with van der Waals surface area (Å²) in [7, 11) is 0. The van der Waals surface area contributed by atoms with Crippen molar-refractivity contribution in [3.05, 3.63) is 40.3 Å². The van der Waals surface area contributed by atoms with Crippen molar-refractivity contribution >= 4 is 17.4 Å². The van der Waals surface area contributed by atoms with E-state index in [0.29, 0.717) is 12.6 Å². The fraction of sp³-hybridized carbons (Fsp3) is 0.429. The number of aliphatic hydroxyl groups excluding tert-OH is 1. The number of hydrogen-bond acceptors (Lipinski definition) is 4. The van der Waals surface area contributed by atoms with Crippen LogP contribution in [0.5, 0.6) is 0 Å². The second kappa shape index (κ2) is 7.24. The Morgan fingerprint density at radius 3 is 2.86 bits per heavy atom. The Balaban J connectivity index is 1.72. The van der Waals surface area contributed by atoms with Gasteiger partial charge in [0, 0.05) is 18.8 Å². The number of nitrogens with zero attached hydrogens (tertiary/aromatic N) is 2. The lowest BCUT2D eigenvalue weighted by Crippen LogP contribution is -2.37. The van der Waals surface area contributed by atoms with Gasteiger partial charge >= 0.3 is 6.03 Å². The van der Waals surface area contributed by atoms with Crippen molar-refractivity contribution in [3.63, 3.8) is 0 Å². The smallest absolute Gasteiger partial charge is 0.315 e. The number of hydrogen-bond donors (Lipinski definition) is 3. The van der Waals surface area contributed by atoms with Crippen LogP contribution in [-0.4, -0.2) is 27.5 Å². The van der Waals surface area contributed by atoms with Gasteiger partial charge in [-0.3, -0.25) is 4.68 Å². The van der Waals surface area contributed by atoms with Crippen LogP contribution >= 0.6 is 11.3 Å². The Labute approximate surface area is 127 Å². The van der Waals surface area contributed by atoms with Gasteiger partial charge in [0.15, 0.2) is 0 Å². The molecule has 0 aromatic carbocycles. The summed E-state index contributed by atoms with van der Waals surface area (Å²) < 4.78 is 1.84. The highest BCUT2D eigenvalue weighted by Crippen LogP contribution is 2.14. The molecule has 0 aliphatic rings. The molecular weight excluding hydrogens is 288 g/mol. The largest absolute Gasteiger partial charge is 0.387 e. The summed E-state index contributed by atoms with van der Waals surface area (Å²) in [5, 5.41) is 23.3. The van der Waals surface area contributed by atoms with Crippen LogP contribution in [-0.2, 0) is 6.54 Å². The third-order valence-corrected chi connectivity index (χ3v) is 3.71. The molecule has 2 amide bonds. The van der Waals surface area contributed by atoms with Crippen molar-refractivity contribution in [2.45, 2.75) is 32.5 Å². The van der Waals surface area contributed by atoms with Gasteiger partial charge in [-0.2, -0.15) is 16.4 Å². The van der Waals surface area contributed by atoms with E-state index in [1.165, 1.54) is 11.3 Å². The fourth-order valence-electron chi connectivity index (χ4n) is 1.76. The highest BCUT2D eigenvalue weighted by molar-refractivity contribution is 7.07. The van der Waals surface area contributed by atoms with Crippen molar-refractivity contribution in [2.75, 3.05) is 6.54 Å². The summed E-state index contributed by atoms with van der Waals surface area (Å²) in [6.07, 6.45) is 1.21. The molecule has 2 rings (SSSR count). The minimum absolute atomic E-state index is 0.184. The molecule has 6 nitrogen and oxygen atoms in total. The Morgan fingerprint density at radius 2 is 2.24 bits per heavy atom. The van der Waals surface area contributed by atoms with E-state index < -0.39 is 6.10 Å². The SMILES string of the molecule is CC(C)n1ccc(CNC(=O)NC[C@H](O)c2ccsc2)n1. The standard InChI is InChI=1S/C14H20N4O2S/c1-10(2)18-5-3-12(17-18)7-15-14(20)16-8-13(19)11-4-6-21-9-11/h3-6,9-10,13,19H,7-8H2,1-2H3,(H2,15,16,20)/t13-/m0/s1. The van der Waals surface area contributed by atoms with Gasteiger partial charge in [0.1, 0.15) is 0 Å². The average molecular weight is 308 g/mol. The van der Waals surface area contributed by atoms with E-state index in [2.05, 4.69) is 15.7 Å². The average Bonchev–Trinajstić information content (AvgIpc) is 3.13. The van der Waals surface area contributed by atoms with Gasteiger partial charge in [-0.05, 0) is 42.3 Å². The van der Waals surface area contributed by atoms with Crippen LogP contribution in [0, 0.1) is 0 Å². The molecule has 7 heteroatoms. The van der Waals surface area contributed by atoms with E-state index >= 15 is 0 Å². The highest BCUT2D eigenvalue weighted by atomic mass is 32.1. The number of urea groups is 1. The zero-order valence-corrected chi connectivity index (χ0v) is 12.9. The van der Waals surface area contributed by atoms with E-state index in [9.17, 15) is 9.90 Å². The van der Waals surface area contributed by atoms with Crippen LogP contribution in [0.15, 0.2) is 29.1 Å². The fourth-order valence-corrected chi connectivity index (χ4v) is 2.47. The lowest BCUT2D eigenvalue weighted by Gasteiger charge is -2.11. The first kappa shape index (κ1) is 15.5. The van der Waals surface area contributed by atoms with Crippen molar-refractivity contribution in [3.8, 4) is 0 Å². The lowest BCUT2D eigenvalue weighted by molar-refractivity contribution is 0.173. The Bertz CT molecular complexity index is 565. The molecule has 21 heavy (non-hydrogen) atoms. The van der Waals surface area contributed by atoms with Crippen LogP contribution in [0.25, 0.3) is 0 Å². The summed E-state index contributed by atoms with van der Waals surface area (Å²) >= 11 is 1.52. The molecule has 1 atom stereocenters. The minimum Gasteiger partial charge on any atom is -0.387 e. The topological polar surface area (TPSA) is 79.2 Å². The first-order valence-electron chi connectivity index (χ1n) is 6.82. The first-order valence-corrected chi connectivity index (χ1v) is 7.76. The zero-order chi connectivity index (χ0) is 15.2. The summed E-state index contributed by atoms with van der Waals surface area (Å²) in [4.78, 5) is 11.7. The van der Waals surface area contributed by atoms with Gasteiger partial charge < -0.3 is 15.7 Å². The van der Waals surface area contributed by atoms with Crippen molar-refractivity contribution in [2.24, 2.45) is 0 Å². The number of amides is 2. The third kappa shape index (κ3) is 4.57. The minimum atomic E-state index is -0.679. The molecule has 0 saturated heterocycles. The quantitative estimate of drug-likeness (QED) is 0.764. The van der Waals surface area contributed by atoms with E-state index in [-0.39, 0.29) is 12.6 Å². The third-order valence-electron chi connectivity index (χ3n) is 3.01. The predicted octanol–water partition coefficient (Wildman–Crippen LogP) is 2.06. The zero-order valence-electron chi connectivity index (χ0n) is 12.1. The van der Waals surface area contributed by atoms with Crippen LogP contribution < -0.4 is 10.6 Å². The normalized spacial score (nSPS) is 12.4. The maximum Gasteiger partial charge on any atom is 0.315 e. The Morgan fingerprint density at radius 1 is 1.43 bits per heavy atom. The number of aliphatic hydroxyl groups is 1. The van der Waals surface area contributed by atoms with E-state index in [1.807, 2.05) is 47.6 Å². The molecule has 0 aliphatic heterocycles. The van der Waals surface area contributed by atoms with E-state index in [0.717, 1.165) is 11.3 Å². The van der Waals surface area contributed by atoms with Gasteiger partial charge in [0.2, 0.25) is 0 Å². The molecule has 2 aromatic rings. The number of carbonyl (C=O) groups is 1. The number of thiophene rings is 1. The molecule has 0 aliphatic carbocycles. The molecule has 0 bridgehead atoms. The van der Waals surface area contributed by atoms with Crippen molar-refractivity contribution in [1.29, 1.82) is 0 Å². The molecule has 2 aromatic heterocycles. The molecule has 0 unspecified atom stereocenters. The predicted molar refractivity (Wildman–Crippen MR) is 82.1 cm³/mol. The number of carbonyl (C=O) groups excluding carboxylic acids is 1. The molecule has 114 valence electrons. The van der Waals surface area contributed by atoms with Crippen LogP contribution in [0.3, 0.4) is 0 Å². The van der Waals surface area contributed by atoms with Gasteiger partial charge in [0.05, 0.1) is 18.3 Å². The number of rotatable bonds is 6. The van der Waals surface area contributed by atoms with Crippen LogP contribution in [0.4, 0.5) is 4.79 Å². The monoisotopic (exact) mass is 308 g/mol. The van der Waals surface area contributed by atoms with E-state index in [1.54, 1.807) is 0 Å². The summed E-state index contributed by atoms with van der Waals surface area (Å²) in [6.45, 7) is 4.63. The summed E-state index contributed by atoms with van der Waals surface area (Å²) in [5.74, 6) is 0. The van der Waals surface area contributed by atoms with Gasteiger partial charge in [-0.25, -0.2) is 4.79 Å². The van der Waals surface area contributed by atoms with Crippen molar-refractivity contribution in [1.82, 2.24) is 20.4 Å². The molecular formula is C14H20N4O2S. The molecule has 3 N–H and O–H groups in total. The highest BCUT2D eigenvalue weighted by Gasteiger charge is 2.10. The Kier molecular flexibility index (Phi) is 5.35. The Hall–Kier alpha value is -1.86. The summed E-state index contributed by atoms with van der Waals surface area (Å²) in [6, 6.07) is 3.70. The number of aromatic nitrogens is 2. The molecule has 0 fully saturated rings. The molecule has 0 radical (unpaired) electrons. The maximum absolute atomic E-state index is 11.7. The van der Waals surface area contributed by atoms with Gasteiger partial charge in [0.25, 0.3) is 0 Å². The lowest BCUT2D eigenvalue weighted by atomic mass is 10.2. The first-order chi connectivity index (χ1) is 10.1. The van der Waals surface area contributed by atoms with Crippen LogP contribution in [0.2, 0.25) is 0 Å². The van der Waals surface area contributed by atoms with E-state index in [4.69, 9.17) is 0 Å².